The van der Waals surface area contributed by atoms with Crippen molar-refractivity contribution in [3.05, 3.63) is 63.3 Å². The van der Waals surface area contributed by atoms with Crippen molar-refractivity contribution in [3.63, 3.8) is 0 Å². The van der Waals surface area contributed by atoms with E-state index in [0.29, 0.717) is 17.4 Å². The highest BCUT2D eigenvalue weighted by molar-refractivity contribution is 7.80. The van der Waals surface area contributed by atoms with Crippen LogP contribution in [0.1, 0.15) is 54.4 Å². The second kappa shape index (κ2) is 10.1. The van der Waals surface area contributed by atoms with E-state index in [0.717, 1.165) is 64.5 Å². The minimum atomic E-state index is -0.0485. The average molecular weight is 485 g/mol. The van der Waals surface area contributed by atoms with Crippen molar-refractivity contribution in [2.75, 3.05) is 7.11 Å². The molecular formula is C26H29ClN2O3S. The van der Waals surface area contributed by atoms with Crippen LogP contribution in [0.15, 0.2) is 36.0 Å². The second-order valence-electron chi connectivity index (χ2n) is 8.69. The molecule has 2 aliphatic rings. The monoisotopic (exact) mass is 484 g/mol. The number of carbonyl (C=O) groups excluding carboxylic acids is 1. The molecule has 4 rings (SSSR count). The van der Waals surface area contributed by atoms with Crippen LogP contribution in [0, 0.1) is 13.8 Å². The second-order valence-corrected chi connectivity index (χ2v) is 9.45. The summed E-state index contributed by atoms with van der Waals surface area (Å²) in [5.41, 5.74) is 4.21. The van der Waals surface area contributed by atoms with Crippen LogP contribution in [0.4, 0.5) is 0 Å². The van der Waals surface area contributed by atoms with Gasteiger partial charge in [-0.15, -0.1) is 0 Å². The molecule has 5 nitrogen and oxygen atoms in total. The van der Waals surface area contributed by atoms with E-state index in [4.69, 9.17) is 33.3 Å². The first-order valence-corrected chi connectivity index (χ1v) is 12.1. The zero-order chi connectivity index (χ0) is 23.5. The van der Waals surface area contributed by atoms with Crippen LogP contribution in [-0.4, -0.2) is 29.1 Å². The van der Waals surface area contributed by atoms with Gasteiger partial charge in [0.1, 0.15) is 23.8 Å². The number of amides is 1. The van der Waals surface area contributed by atoms with Crippen LogP contribution >= 0.6 is 23.8 Å². The minimum Gasteiger partial charge on any atom is -0.496 e. The lowest BCUT2D eigenvalue weighted by Crippen LogP contribution is -2.41. The summed E-state index contributed by atoms with van der Waals surface area (Å²) < 4.78 is 11.6. The van der Waals surface area contributed by atoms with Gasteiger partial charge in [0.05, 0.1) is 7.11 Å². The van der Waals surface area contributed by atoms with E-state index >= 15 is 0 Å². The molecule has 174 valence electrons. The standard InChI is InChI=1S/C26H29ClN2O3S/c1-16-11-21(12-17(2)24(16)27)32-15-19-13-18(9-10-23(19)31-3)14-22-25(30)29(26(33)28-22)20-7-5-4-6-8-20/h9-14,20H,4-8,15H2,1-3H3,(H,28,33)/b22-14+. The minimum absolute atomic E-state index is 0.0485. The lowest BCUT2D eigenvalue weighted by molar-refractivity contribution is -0.124. The van der Waals surface area contributed by atoms with E-state index in [9.17, 15) is 4.79 Å². The average Bonchev–Trinajstić information content (AvgIpc) is 3.09. The van der Waals surface area contributed by atoms with Crippen molar-refractivity contribution in [2.24, 2.45) is 0 Å². The van der Waals surface area contributed by atoms with Gasteiger partial charge in [0.25, 0.3) is 5.91 Å². The van der Waals surface area contributed by atoms with E-state index in [2.05, 4.69) is 5.32 Å². The molecule has 0 bridgehead atoms. The molecule has 1 N–H and O–H groups in total. The third-order valence-electron chi connectivity index (χ3n) is 6.27. The van der Waals surface area contributed by atoms with Gasteiger partial charge in [0, 0.05) is 16.6 Å². The predicted molar refractivity (Wildman–Crippen MR) is 136 cm³/mol. The number of thiocarbonyl (C=S) groups is 1. The fraction of sp³-hybridized carbons (Fsp3) is 0.385. The van der Waals surface area contributed by atoms with Crippen LogP contribution in [0.3, 0.4) is 0 Å². The van der Waals surface area contributed by atoms with E-state index < -0.39 is 0 Å². The fourth-order valence-corrected chi connectivity index (χ4v) is 4.99. The van der Waals surface area contributed by atoms with Gasteiger partial charge < -0.3 is 14.8 Å². The van der Waals surface area contributed by atoms with Gasteiger partial charge in [0.15, 0.2) is 5.11 Å². The normalized spacial score (nSPS) is 18.1. The smallest absolute Gasteiger partial charge is 0.276 e. The quantitative estimate of drug-likeness (QED) is 0.406. The Labute approximate surface area is 205 Å². The van der Waals surface area contributed by atoms with Crippen molar-refractivity contribution in [1.29, 1.82) is 0 Å². The Morgan fingerprint density at radius 3 is 2.52 bits per heavy atom. The zero-order valence-electron chi connectivity index (χ0n) is 19.2. The molecular weight excluding hydrogens is 456 g/mol. The Hall–Kier alpha value is -2.57. The molecule has 1 aliphatic heterocycles. The Balaban J connectivity index is 1.53. The largest absolute Gasteiger partial charge is 0.496 e. The molecule has 7 heteroatoms. The Bertz CT molecular complexity index is 1090. The highest BCUT2D eigenvalue weighted by Crippen LogP contribution is 2.30. The molecule has 1 aliphatic carbocycles. The van der Waals surface area contributed by atoms with Gasteiger partial charge in [-0.05, 0) is 85.9 Å². The van der Waals surface area contributed by atoms with E-state index in [1.165, 1.54) is 6.42 Å². The molecule has 1 heterocycles. The lowest BCUT2D eigenvalue weighted by Gasteiger charge is -2.29. The molecule has 2 fully saturated rings. The number of rotatable bonds is 6. The maximum atomic E-state index is 13.1. The molecule has 0 aromatic heterocycles. The highest BCUT2D eigenvalue weighted by atomic mass is 35.5. The highest BCUT2D eigenvalue weighted by Gasteiger charge is 2.36. The maximum absolute atomic E-state index is 13.1. The number of methoxy groups -OCH3 is 1. The van der Waals surface area contributed by atoms with Gasteiger partial charge in [0.2, 0.25) is 0 Å². The molecule has 0 atom stereocenters. The predicted octanol–water partition coefficient (Wildman–Crippen LogP) is 5.93. The molecule has 2 aromatic carbocycles. The van der Waals surface area contributed by atoms with Crippen molar-refractivity contribution in [2.45, 2.75) is 58.6 Å². The number of hydrogen-bond acceptors (Lipinski definition) is 4. The summed E-state index contributed by atoms with van der Waals surface area (Å²) in [5.74, 6) is 1.43. The van der Waals surface area contributed by atoms with Crippen molar-refractivity contribution in [3.8, 4) is 11.5 Å². The van der Waals surface area contributed by atoms with Gasteiger partial charge >= 0.3 is 0 Å². The molecule has 0 spiro atoms. The number of carbonyl (C=O) groups is 1. The third kappa shape index (κ3) is 5.17. The fourth-order valence-electron chi connectivity index (χ4n) is 4.54. The molecule has 1 saturated heterocycles. The van der Waals surface area contributed by atoms with Gasteiger partial charge in [-0.25, -0.2) is 0 Å². The number of nitrogens with zero attached hydrogens (tertiary/aromatic N) is 1. The summed E-state index contributed by atoms with van der Waals surface area (Å²) in [6, 6.07) is 9.84. The maximum Gasteiger partial charge on any atom is 0.276 e. The first kappa shape index (κ1) is 23.6. The van der Waals surface area contributed by atoms with Crippen molar-refractivity contribution in [1.82, 2.24) is 10.2 Å². The summed E-state index contributed by atoms with van der Waals surface area (Å²) in [4.78, 5) is 14.8. The number of benzene rings is 2. The number of halogens is 1. The van der Waals surface area contributed by atoms with E-state index in [1.54, 1.807) is 12.0 Å². The van der Waals surface area contributed by atoms with Gasteiger partial charge in [-0.1, -0.05) is 36.9 Å². The molecule has 1 amide bonds. The SMILES string of the molecule is COc1ccc(/C=C2/NC(=S)N(C3CCCCC3)C2=O)cc1COc1cc(C)c(Cl)c(C)c1. The summed E-state index contributed by atoms with van der Waals surface area (Å²) in [7, 11) is 1.64. The number of aryl methyl sites for hydroxylation is 2. The van der Waals surface area contributed by atoms with Gasteiger partial charge in [-0.3, -0.25) is 9.69 Å². The Morgan fingerprint density at radius 2 is 1.85 bits per heavy atom. The molecule has 1 saturated carbocycles. The summed E-state index contributed by atoms with van der Waals surface area (Å²) >= 11 is 11.8. The summed E-state index contributed by atoms with van der Waals surface area (Å²) in [6.07, 6.45) is 7.38. The van der Waals surface area contributed by atoms with E-state index in [-0.39, 0.29) is 11.9 Å². The topological polar surface area (TPSA) is 50.8 Å². The molecule has 0 unspecified atom stereocenters. The summed E-state index contributed by atoms with van der Waals surface area (Å²) in [6.45, 7) is 4.25. The van der Waals surface area contributed by atoms with Crippen LogP contribution < -0.4 is 14.8 Å². The molecule has 33 heavy (non-hydrogen) atoms. The van der Waals surface area contributed by atoms with Crippen LogP contribution in [0.2, 0.25) is 5.02 Å². The molecule has 0 radical (unpaired) electrons. The first-order chi connectivity index (χ1) is 15.9. The number of nitrogens with one attached hydrogen (secondary N) is 1. The first-order valence-electron chi connectivity index (χ1n) is 11.3. The Morgan fingerprint density at radius 1 is 1.15 bits per heavy atom. The zero-order valence-corrected chi connectivity index (χ0v) is 20.8. The van der Waals surface area contributed by atoms with Crippen LogP contribution in [0.5, 0.6) is 11.5 Å². The molecule has 2 aromatic rings. The Kier molecular flexibility index (Phi) is 7.25. The third-order valence-corrected chi connectivity index (χ3v) is 7.16. The van der Waals surface area contributed by atoms with Crippen molar-refractivity contribution >= 4 is 40.9 Å². The number of ether oxygens (including phenoxy) is 2. The summed E-state index contributed by atoms with van der Waals surface area (Å²) in [5, 5.41) is 4.37. The van der Waals surface area contributed by atoms with Crippen LogP contribution in [0.25, 0.3) is 6.08 Å². The number of hydrogen-bond donors (Lipinski definition) is 1. The van der Waals surface area contributed by atoms with E-state index in [1.807, 2.05) is 50.3 Å². The lowest BCUT2D eigenvalue weighted by atomic mass is 9.94. The van der Waals surface area contributed by atoms with Crippen LogP contribution in [-0.2, 0) is 11.4 Å². The van der Waals surface area contributed by atoms with Crippen molar-refractivity contribution < 1.29 is 14.3 Å². The van der Waals surface area contributed by atoms with Gasteiger partial charge in [-0.2, -0.15) is 0 Å².